The minimum absolute atomic E-state index is 0.118. The van der Waals surface area contributed by atoms with E-state index in [0.29, 0.717) is 17.3 Å². The second-order valence-electron chi connectivity index (χ2n) is 4.29. The lowest BCUT2D eigenvalue weighted by atomic mass is 10.3. The number of hydrogen-bond donors (Lipinski definition) is 1. The van der Waals surface area contributed by atoms with Gasteiger partial charge < -0.3 is 14.3 Å². The molecule has 0 spiro atoms. The van der Waals surface area contributed by atoms with Crippen molar-refractivity contribution in [3.05, 3.63) is 47.0 Å². The Morgan fingerprint density at radius 3 is 2.82 bits per heavy atom. The summed E-state index contributed by atoms with van der Waals surface area (Å²) in [5.41, 5.74) is 1.01. The topological polar surface area (TPSA) is 77.0 Å². The highest BCUT2D eigenvalue weighted by atomic mass is 35.5. The van der Waals surface area contributed by atoms with Crippen molar-refractivity contribution in [2.45, 2.75) is 13.0 Å². The summed E-state index contributed by atoms with van der Waals surface area (Å²) < 4.78 is 34.6. The first kappa shape index (κ1) is 14.5. The van der Waals surface area contributed by atoms with Gasteiger partial charge >= 0.3 is 6.43 Å². The van der Waals surface area contributed by atoms with Crippen LogP contribution in [0.5, 0.6) is 0 Å². The number of hydrogen-bond acceptors (Lipinski definition) is 6. The smallest absolute Gasteiger partial charge is 0.314 e. The maximum Gasteiger partial charge on any atom is 0.314 e. The zero-order chi connectivity index (χ0) is 15.5. The molecule has 0 aliphatic carbocycles. The fourth-order valence-corrected chi connectivity index (χ4v) is 1.90. The Kier molecular flexibility index (Phi) is 4.01. The summed E-state index contributed by atoms with van der Waals surface area (Å²) in [6.45, 7) is 0.336. The molecule has 114 valence electrons. The number of nitrogens with zero attached hydrogens (tertiary/aromatic N) is 3. The van der Waals surface area contributed by atoms with E-state index >= 15 is 0 Å². The molecule has 3 aromatic rings. The number of anilines is 1. The lowest BCUT2D eigenvalue weighted by molar-refractivity contribution is 0.116. The van der Waals surface area contributed by atoms with Crippen molar-refractivity contribution in [2.75, 3.05) is 5.32 Å². The van der Waals surface area contributed by atoms with Gasteiger partial charge in [0.25, 0.3) is 11.8 Å². The van der Waals surface area contributed by atoms with E-state index < -0.39 is 12.3 Å². The van der Waals surface area contributed by atoms with Gasteiger partial charge in [0.2, 0.25) is 0 Å². The summed E-state index contributed by atoms with van der Waals surface area (Å²) in [5.74, 6) is -0.392. The van der Waals surface area contributed by atoms with E-state index in [2.05, 4.69) is 20.7 Å². The van der Waals surface area contributed by atoms with Gasteiger partial charge in [-0.05, 0) is 18.2 Å². The SMILES string of the molecule is FC(F)c1nnc(-c2cc(CNc3cccc(Cl)c3)on2)o1. The van der Waals surface area contributed by atoms with E-state index in [1.807, 2.05) is 6.07 Å². The first-order valence-corrected chi connectivity index (χ1v) is 6.56. The number of rotatable bonds is 5. The Bertz CT molecular complexity index is 775. The maximum atomic E-state index is 12.4. The largest absolute Gasteiger partial charge is 0.413 e. The lowest BCUT2D eigenvalue weighted by Crippen LogP contribution is -1.97. The first-order valence-electron chi connectivity index (χ1n) is 6.19. The summed E-state index contributed by atoms with van der Waals surface area (Å²) in [5, 5.41) is 14.1. The van der Waals surface area contributed by atoms with Crippen molar-refractivity contribution in [3.8, 4) is 11.6 Å². The van der Waals surface area contributed by atoms with Crippen LogP contribution in [0.25, 0.3) is 11.6 Å². The first-order chi connectivity index (χ1) is 10.6. The molecule has 1 N–H and O–H groups in total. The molecule has 0 aliphatic heterocycles. The van der Waals surface area contributed by atoms with Gasteiger partial charge in [0.1, 0.15) is 0 Å². The molecule has 2 aromatic heterocycles. The van der Waals surface area contributed by atoms with Crippen molar-refractivity contribution < 1.29 is 17.7 Å². The average Bonchev–Trinajstić information content (AvgIpc) is 3.14. The van der Waals surface area contributed by atoms with Gasteiger partial charge in [-0.1, -0.05) is 22.8 Å². The zero-order valence-corrected chi connectivity index (χ0v) is 11.7. The number of benzene rings is 1. The van der Waals surface area contributed by atoms with Crippen molar-refractivity contribution in [2.24, 2.45) is 0 Å². The molecule has 0 atom stereocenters. The Morgan fingerprint density at radius 2 is 2.09 bits per heavy atom. The number of nitrogens with one attached hydrogen (secondary N) is 1. The predicted octanol–water partition coefficient (Wildman–Crippen LogP) is 3.93. The molecule has 0 aliphatic rings. The standard InChI is InChI=1S/C13H9ClF2N4O2/c14-7-2-1-3-8(4-7)17-6-9-5-10(20-22-9)12-18-19-13(21-12)11(15)16/h1-5,11,17H,6H2. The number of alkyl halides is 2. The van der Waals surface area contributed by atoms with Gasteiger partial charge in [0.15, 0.2) is 11.5 Å². The molecule has 0 saturated heterocycles. The Hall–Kier alpha value is -2.48. The van der Waals surface area contributed by atoms with Crippen LogP contribution in [0.4, 0.5) is 14.5 Å². The van der Waals surface area contributed by atoms with E-state index in [-0.39, 0.29) is 11.6 Å². The normalized spacial score (nSPS) is 11.1. The molecule has 0 unspecified atom stereocenters. The van der Waals surface area contributed by atoms with Crippen LogP contribution in [0, 0.1) is 0 Å². The third-order valence-electron chi connectivity index (χ3n) is 2.70. The van der Waals surface area contributed by atoms with Crippen LogP contribution in [0.15, 0.2) is 39.3 Å². The molecule has 0 fully saturated rings. The molecule has 0 radical (unpaired) electrons. The van der Waals surface area contributed by atoms with E-state index in [1.54, 1.807) is 18.2 Å². The highest BCUT2D eigenvalue weighted by Gasteiger charge is 2.19. The highest BCUT2D eigenvalue weighted by Crippen LogP contribution is 2.23. The van der Waals surface area contributed by atoms with E-state index in [9.17, 15) is 8.78 Å². The second-order valence-corrected chi connectivity index (χ2v) is 4.72. The molecule has 1 aromatic carbocycles. The van der Waals surface area contributed by atoms with Crippen LogP contribution in [-0.4, -0.2) is 15.4 Å². The Morgan fingerprint density at radius 1 is 1.23 bits per heavy atom. The average molecular weight is 327 g/mol. The Labute approximate surface area is 128 Å². The van der Waals surface area contributed by atoms with E-state index in [1.165, 1.54) is 6.07 Å². The monoisotopic (exact) mass is 326 g/mol. The quantitative estimate of drug-likeness (QED) is 0.765. The third-order valence-corrected chi connectivity index (χ3v) is 2.93. The van der Waals surface area contributed by atoms with Crippen LogP contribution in [0.3, 0.4) is 0 Å². The number of halogens is 3. The minimum Gasteiger partial charge on any atom is -0.413 e. The van der Waals surface area contributed by atoms with E-state index in [4.69, 9.17) is 20.5 Å². The lowest BCUT2D eigenvalue weighted by Gasteiger charge is -2.03. The van der Waals surface area contributed by atoms with Gasteiger partial charge in [-0.25, -0.2) is 0 Å². The molecule has 0 bridgehead atoms. The van der Waals surface area contributed by atoms with Crippen molar-refractivity contribution >= 4 is 17.3 Å². The van der Waals surface area contributed by atoms with E-state index in [0.717, 1.165) is 5.69 Å². The van der Waals surface area contributed by atoms with Crippen LogP contribution >= 0.6 is 11.6 Å². The molecule has 3 rings (SSSR count). The van der Waals surface area contributed by atoms with Gasteiger partial charge in [0, 0.05) is 16.8 Å². The number of aromatic nitrogens is 3. The van der Waals surface area contributed by atoms with Crippen molar-refractivity contribution in [1.29, 1.82) is 0 Å². The minimum atomic E-state index is -2.82. The van der Waals surface area contributed by atoms with Crippen LogP contribution in [0.1, 0.15) is 18.1 Å². The molecular weight excluding hydrogens is 318 g/mol. The molecule has 0 saturated carbocycles. The molecule has 6 nitrogen and oxygen atoms in total. The summed E-state index contributed by atoms with van der Waals surface area (Å²) in [7, 11) is 0. The van der Waals surface area contributed by atoms with Gasteiger partial charge in [0.05, 0.1) is 6.54 Å². The summed E-state index contributed by atoms with van der Waals surface area (Å²) in [6.07, 6.45) is -2.82. The predicted molar refractivity (Wildman–Crippen MR) is 73.5 cm³/mol. The van der Waals surface area contributed by atoms with Gasteiger partial charge in [-0.2, -0.15) is 8.78 Å². The molecule has 0 amide bonds. The van der Waals surface area contributed by atoms with Crippen LogP contribution < -0.4 is 5.32 Å². The van der Waals surface area contributed by atoms with Crippen LogP contribution in [-0.2, 0) is 6.54 Å². The summed E-state index contributed by atoms with van der Waals surface area (Å²) >= 11 is 5.87. The zero-order valence-electron chi connectivity index (χ0n) is 11.0. The van der Waals surface area contributed by atoms with Gasteiger partial charge in [-0.15, -0.1) is 10.2 Å². The fourth-order valence-electron chi connectivity index (χ4n) is 1.71. The maximum absolute atomic E-state index is 12.4. The third kappa shape index (κ3) is 3.22. The summed E-state index contributed by atoms with van der Waals surface area (Å²) in [6, 6.07) is 8.69. The van der Waals surface area contributed by atoms with Crippen molar-refractivity contribution in [1.82, 2.24) is 15.4 Å². The second kappa shape index (κ2) is 6.10. The van der Waals surface area contributed by atoms with Gasteiger partial charge in [-0.3, -0.25) is 0 Å². The van der Waals surface area contributed by atoms with Crippen molar-refractivity contribution in [3.63, 3.8) is 0 Å². The summed E-state index contributed by atoms with van der Waals surface area (Å²) in [4.78, 5) is 0. The molecule has 2 heterocycles. The van der Waals surface area contributed by atoms with Crippen LogP contribution in [0.2, 0.25) is 5.02 Å². The Balaban J connectivity index is 1.68. The highest BCUT2D eigenvalue weighted by molar-refractivity contribution is 6.30. The fraction of sp³-hybridized carbons (Fsp3) is 0.154. The molecule has 9 heteroatoms. The molecule has 22 heavy (non-hydrogen) atoms. The molecular formula is C13H9ClF2N4O2.